The summed E-state index contributed by atoms with van der Waals surface area (Å²) in [4.78, 5) is 87.3. The maximum Gasteiger partial charge on any atom is 0.325 e. The molecule has 0 radical (unpaired) electrons. The Morgan fingerprint density at radius 2 is 1.04 bits per heavy atom. The maximum absolute atomic E-state index is 15.3. The fraction of sp³-hybridized carbons (Fsp3) is 0.450. The summed E-state index contributed by atoms with van der Waals surface area (Å²) in [5.74, 6) is -2.29. The van der Waals surface area contributed by atoms with Gasteiger partial charge in [-0.15, -0.1) is 0 Å². The average molecular weight is 767 g/mol. The minimum Gasteiger partial charge on any atom is -0.364 e. The molecular weight excluding hydrogens is 717 g/mol. The number of anilines is 2. The number of nitrogens with two attached hydrogens (primary N) is 5. The SMILES string of the molecule is NC(=O)c1c(N(CC2CCCCC2)C(=O)[C@@H]2C[C@H](N)CN2C(=O)N(CC2CCCCC2)c2c(C(N)=O)n(C(N)=O)c3ccccc23)c2ccccc2n1C(N)=O. The molecule has 2 saturated carbocycles. The molecule has 0 spiro atoms. The summed E-state index contributed by atoms with van der Waals surface area (Å²) in [7, 11) is 0. The number of carbonyl (C=O) groups excluding carboxylic acids is 6. The van der Waals surface area contributed by atoms with Gasteiger partial charge in [0.25, 0.3) is 11.8 Å². The van der Waals surface area contributed by atoms with Crippen LogP contribution in [0.3, 0.4) is 0 Å². The normalized spacial score (nSPS) is 19.3. The lowest BCUT2D eigenvalue weighted by Gasteiger charge is -2.37. The summed E-state index contributed by atoms with van der Waals surface area (Å²) in [6.07, 6.45) is 9.43. The summed E-state index contributed by atoms with van der Waals surface area (Å²) >= 11 is 0. The Kier molecular flexibility index (Phi) is 10.7. The molecule has 56 heavy (non-hydrogen) atoms. The van der Waals surface area contributed by atoms with E-state index >= 15 is 9.59 Å². The third-order valence-corrected chi connectivity index (χ3v) is 11.8. The second-order valence-corrected chi connectivity index (χ2v) is 15.5. The summed E-state index contributed by atoms with van der Waals surface area (Å²) < 4.78 is 2.06. The number of para-hydroxylation sites is 2. The van der Waals surface area contributed by atoms with Crippen LogP contribution in [0.5, 0.6) is 0 Å². The zero-order valence-corrected chi connectivity index (χ0v) is 31.4. The van der Waals surface area contributed by atoms with Crippen LogP contribution in [0.4, 0.5) is 25.8 Å². The number of primary amides is 4. The summed E-state index contributed by atoms with van der Waals surface area (Å²) in [5, 5.41) is 0.841. The number of amides is 7. The standard InChI is InChI=1S/C40H50N10O6/c41-25-19-30(37(53)47(20-23-11-3-1-4-12-23)31-26-15-7-9-17-28(26)49(38(44)54)33(31)35(42)51)46(22-25)40(56)48(21-24-13-5-2-6-14-24)32-27-16-8-10-18-29(27)50(39(45)55)34(32)36(43)52/h7-10,15-18,23-25,30H,1-6,11-14,19-22,41H2,(H2,42,51)(H2,43,52)(H2,44,54)(H2,45,55)/t25-,30-/m0/s1. The van der Waals surface area contributed by atoms with E-state index in [-0.39, 0.29) is 60.7 Å². The van der Waals surface area contributed by atoms with Crippen molar-refractivity contribution in [3.63, 3.8) is 0 Å². The largest absolute Gasteiger partial charge is 0.364 e. The van der Waals surface area contributed by atoms with Crippen LogP contribution in [0.2, 0.25) is 0 Å². The van der Waals surface area contributed by atoms with Gasteiger partial charge in [0.05, 0.1) is 22.4 Å². The fourth-order valence-electron chi connectivity index (χ4n) is 9.36. The van der Waals surface area contributed by atoms with E-state index in [1.807, 2.05) is 0 Å². The number of carbonyl (C=O) groups is 6. The number of fused-ring (bicyclic) bond motifs is 2. The molecule has 7 rings (SSSR count). The summed E-state index contributed by atoms with van der Waals surface area (Å²) in [5.41, 5.74) is 30.6. The molecule has 2 atom stereocenters. The molecule has 16 nitrogen and oxygen atoms in total. The highest BCUT2D eigenvalue weighted by Crippen LogP contribution is 2.40. The lowest BCUT2D eigenvalue weighted by atomic mass is 9.88. The third kappa shape index (κ3) is 6.93. The Morgan fingerprint density at radius 3 is 1.48 bits per heavy atom. The van der Waals surface area contributed by atoms with E-state index < -0.39 is 47.9 Å². The Hall–Kier alpha value is -5.90. The highest BCUT2D eigenvalue weighted by molar-refractivity contribution is 6.19. The summed E-state index contributed by atoms with van der Waals surface area (Å²) in [6.45, 7) is 0.380. The maximum atomic E-state index is 15.3. The molecule has 0 unspecified atom stereocenters. The van der Waals surface area contributed by atoms with Crippen molar-refractivity contribution in [3.05, 3.63) is 59.9 Å². The zero-order valence-electron chi connectivity index (χ0n) is 31.4. The van der Waals surface area contributed by atoms with E-state index in [0.29, 0.717) is 21.8 Å². The van der Waals surface area contributed by atoms with Gasteiger partial charge in [0.15, 0.2) is 0 Å². The zero-order chi connectivity index (χ0) is 39.8. The van der Waals surface area contributed by atoms with E-state index in [0.717, 1.165) is 73.3 Å². The Morgan fingerprint density at radius 1 is 0.607 bits per heavy atom. The van der Waals surface area contributed by atoms with Crippen LogP contribution < -0.4 is 38.5 Å². The topological polar surface area (TPSA) is 252 Å². The molecule has 3 aliphatic rings. The number of benzene rings is 2. The van der Waals surface area contributed by atoms with Crippen molar-refractivity contribution in [2.75, 3.05) is 29.4 Å². The van der Waals surface area contributed by atoms with E-state index in [9.17, 15) is 19.2 Å². The van der Waals surface area contributed by atoms with Crippen molar-refractivity contribution < 1.29 is 28.8 Å². The van der Waals surface area contributed by atoms with E-state index in [1.165, 1.54) is 14.7 Å². The molecule has 1 aliphatic heterocycles. The van der Waals surface area contributed by atoms with Gasteiger partial charge < -0.3 is 38.5 Å². The first-order valence-electron chi connectivity index (χ1n) is 19.5. The van der Waals surface area contributed by atoms with Crippen LogP contribution in [0.1, 0.15) is 91.6 Å². The van der Waals surface area contributed by atoms with Crippen LogP contribution in [0.25, 0.3) is 21.8 Å². The number of hydrogen-bond acceptors (Lipinski definition) is 7. The number of nitrogens with zero attached hydrogens (tertiary/aromatic N) is 5. The van der Waals surface area contributed by atoms with Crippen LogP contribution in [0.15, 0.2) is 48.5 Å². The molecular formula is C40H50N10O6. The predicted molar refractivity (Wildman–Crippen MR) is 212 cm³/mol. The molecule has 2 aromatic heterocycles. The van der Waals surface area contributed by atoms with Crippen molar-refractivity contribution >= 4 is 69.0 Å². The molecule has 296 valence electrons. The molecule has 10 N–H and O–H groups in total. The first kappa shape index (κ1) is 38.4. The van der Waals surface area contributed by atoms with Crippen LogP contribution in [0, 0.1) is 11.8 Å². The third-order valence-electron chi connectivity index (χ3n) is 11.8. The average Bonchev–Trinajstić information content (AvgIpc) is 3.86. The van der Waals surface area contributed by atoms with Gasteiger partial charge in [-0.05, 0) is 56.1 Å². The molecule has 0 bridgehead atoms. The van der Waals surface area contributed by atoms with E-state index in [2.05, 4.69) is 0 Å². The van der Waals surface area contributed by atoms with Crippen molar-refractivity contribution in [2.45, 2.75) is 82.7 Å². The van der Waals surface area contributed by atoms with Crippen LogP contribution >= 0.6 is 0 Å². The van der Waals surface area contributed by atoms with Gasteiger partial charge in [-0.1, -0.05) is 74.9 Å². The van der Waals surface area contributed by atoms with Crippen molar-refractivity contribution in [1.82, 2.24) is 14.0 Å². The Labute approximate surface area is 323 Å². The molecule has 4 aromatic rings. The van der Waals surface area contributed by atoms with Crippen molar-refractivity contribution in [2.24, 2.45) is 40.5 Å². The Bertz CT molecular complexity index is 2060. The lowest BCUT2D eigenvalue weighted by molar-refractivity contribution is -0.122. The smallest absolute Gasteiger partial charge is 0.325 e. The van der Waals surface area contributed by atoms with Crippen molar-refractivity contribution in [3.8, 4) is 0 Å². The van der Waals surface area contributed by atoms with Crippen LogP contribution in [-0.2, 0) is 4.79 Å². The lowest BCUT2D eigenvalue weighted by Crippen LogP contribution is -2.54. The Balaban J connectivity index is 1.37. The number of urea groups is 1. The highest BCUT2D eigenvalue weighted by Gasteiger charge is 2.45. The first-order valence-corrected chi connectivity index (χ1v) is 19.5. The molecule has 3 heterocycles. The number of rotatable bonds is 9. The number of likely N-dealkylation sites (tertiary alicyclic amines) is 1. The second-order valence-electron chi connectivity index (χ2n) is 15.5. The highest BCUT2D eigenvalue weighted by atomic mass is 16.2. The second kappa shape index (κ2) is 15.7. The van der Waals surface area contributed by atoms with E-state index in [1.54, 1.807) is 48.5 Å². The van der Waals surface area contributed by atoms with Gasteiger partial charge in [-0.2, -0.15) is 0 Å². The fourth-order valence-corrected chi connectivity index (χ4v) is 9.36. The molecule has 16 heteroatoms. The molecule has 7 amide bonds. The van der Waals surface area contributed by atoms with Gasteiger partial charge >= 0.3 is 18.1 Å². The monoisotopic (exact) mass is 766 g/mol. The van der Waals surface area contributed by atoms with Crippen LogP contribution in [-0.4, -0.2) is 81.6 Å². The van der Waals surface area contributed by atoms with Gasteiger partial charge in [-0.3, -0.25) is 28.4 Å². The quantitative estimate of drug-likeness (QED) is 0.166. The molecule has 1 saturated heterocycles. The minimum atomic E-state index is -1.12. The van der Waals surface area contributed by atoms with Gasteiger partial charge in [0.2, 0.25) is 5.91 Å². The molecule has 3 fully saturated rings. The van der Waals surface area contributed by atoms with Gasteiger partial charge in [0, 0.05) is 36.4 Å². The molecule has 2 aliphatic carbocycles. The molecule has 2 aromatic carbocycles. The summed E-state index contributed by atoms with van der Waals surface area (Å²) in [6, 6.07) is 9.29. The van der Waals surface area contributed by atoms with E-state index in [4.69, 9.17) is 28.7 Å². The number of hydrogen-bond donors (Lipinski definition) is 5. The van der Waals surface area contributed by atoms with Gasteiger partial charge in [0.1, 0.15) is 17.4 Å². The predicted octanol–water partition coefficient (Wildman–Crippen LogP) is 4.17. The minimum absolute atomic E-state index is 0.000235. The van der Waals surface area contributed by atoms with Gasteiger partial charge in [-0.25, -0.2) is 14.4 Å². The first-order chi connectivity index (χ1) is 26.9. The van der Waals surface area contributed by atoms with Crippen molar-refractivity contribution in [1.29, 1.82) is 0 Å². The number of aromatic nitrogens is 2.